The van der Waals surface area contributed by atoms with Gasteiger partial charge in [-0.25, -0.2) is 0 Å². The van der Waals surface area contributed by atoms with Crippen LogP contribution in [0.2, 0.25) is 15.1 Å². The number of benzene rings is 2. The lowest BCUT2D eigenvalue weighted by Crippen LogP contribution is -2.28. The van der Waals surface area contributed by atoms with Crippen LogP contribution in [0.1, 0.15) is 12.0 Å². The summed E-state index contributed by atoms with van der Waals surface area (Å²) in [5.74, 6) is -0.894. The van der Waals surface area contributed by atoms with E-state index in [2.05, 4.69) is 5.32 Å². The summed E-state index contributed by atoms with van der Waals surface area (Å²) in [5.41, 5.74) is 1.98. The van der Waals surface area contributed by atoms with E-state index in [0.717, 1.165) is 5.56 Å². The lowest BCUT2D eigenvalue weighted by atomic mass is 10.1. The highest BCUT2D eigenvalue weighted by Gasteiger charge is 2.35. The van der Waals surface area contributed by atoms with Crippen molar-refractivity contribution in [3.05, 3.63) is 57.0 Å². The Bertz CT molecular complexity index is 834. The van der Waals surface area contributed by atoms with Crippen LogP contribution in [-0.4, -0.2) is 18.4 Å². The first-order valence-corrected chi connectivity index (χ1v) is 8.81. The van der Waals surface area contributed by atoms with Crippen LogP contribution in [0.3, 0.4) is 0 Å². The molecule has 25 heavy (non-hydrogen) atoms. The molecule has 0 spiro atoms. The topological polar surface area (TPSA) is 49.4 Å². The molecule has 1 aliphatic rings. The van der Waals surface area contributed by atoms with Gasteiger partial charge in [0.05, 0.1) is 21.7 Å². The summed E-state index contributed by atoms with van der Waals surface area (Å²) >= 11 is 18.3. The van der Waals surface area contributed by atoms with E-state index >= 15 is 0 Å². The van der Waals surface area contributed by atoms with E-state index in [1.54, 1.807) is 29.2 Å². The lowest BCUT2D eigenvalue weighted by Gasteiger charge is -2.18. The molecule has 0 aromatic heterocycles. The first-order chi connectivity index (χ1) is 11.9. The summed E-state index contributed by atoms with van der Waals surface area (Å²) in [5, 5.41) is 4.02. The minimum absolute atomic E-state index is 0.120. The van der Waals surface area contributed by atoms with Crippen molar-refractivity contribution in [2.75, 3.05) is 16.8 Å². The number of carbonyl (C=O) groups excluding carboxylic acids is 2. The monoisotopic (exact) mass is 396 g/mol. The van der Waals surface area contributed by atoms with Crippen LogP contribution in [0.5, 0.6) is 0 Å². The second kappa shape index (κ2) is 7.24. The lowest BCUT2D eigenvalue weighted by molar-refractivity contribution is -0.122. The van der Waals surface area contributed by atoms with Gasteiger partial charge in [0.15, 0.2) is 0 Å². The zero-order chi connectivity index (χ0) is 18.1. The number of nitrogens with zero attached hydrogens (tertiary/aromatic N) is 1. The number of hydrogen-bond donors (Lipinski definition) is 1. The van der Waals surface area contributed by atoms with Crippen LogP contribution in [-0.2, 0) is 9.59 Å². The Morgan fingerprint density at radius 3 is 2.44 bits per heavy atom. The highest BCUT2D eigenvalue weighted by Crippen LogP contribution is 2.32. The first kappa shape index (κ1) is 18.1. The van der Waals surface area contributed by atoms with Gasteiger partial charge in [-0.1, -0.05) is 46.9 Å². The molecule has 3 rings (SSSR count). The van der Waals surface area contributed by atoms with Gasteiger partial charge in [0.2, 0.25) is 11.8 Å². The number of halogens is 3. The quantitative estimate of drug-likeness (QED) is 0.797. The third-order valence-corrected chi connectivity index (χ3v) is 5.21. The number of para-hydroxylation sites is 1. The molecule has 2 aromatic carbocycles. The van der Waals surface area contributed by atoms with Crippen molar-refractivity contribution >= 4 is 58.0 Å². The normalized spacial score (nSPS) is 17.0. The van der Waals surface area contributed by atoms with Crippen molar-refractivity contribution in [2.45, 2.75) is 13.3 Å². The standard InChI is InChI=1S/C18H15Cl3N2O2/c1-10-5-6-12(8-15(10)21)23-9-11(7-16(23)24)18(25)22-17-13(19)3-2-4-14(17)20/h2-6,8,11H,7,9H2,1H3,(H,22,25). The summed E-state index contributed by atoms with van der Waals surface area (Å²) in [6.45, 7) is 2.17. The fraction of sp³-hybridized carbons (Fsp3) is 0.222. The molecule has 2 amide bonds. The van der Waals surface area contributed by atoms with Crippen LogP contribution in [0, 0.1) is 12.8 Å². The number of anilines is 2. The van der Waals surface area contributed by atoms with Gasteiger partial charge in [-0.05, 0) is 36.8 Å². The third-order valence-electron chi connectivity index (χ3n) is 4.17. The predicted octanol–water partition coefficient (Wildman–Crippen LogP) is 4.95. The fourth-order valence-corrected chi connectivity index (χ4v) is 3.39. The summed E-state index contributed by atoms with van der Waals surface area (Å²) < 4.78 is 0. The number of aryl methyl sites for hydroxylation is 1. The number of nitrogens with one attached hydrogen (secondary N) is 1. The molecule has 4 nitrogen and oxygen atoms in total. The molecule has 1 N–H and O–H groups in total. The molecule has 2 aromatic rings. The molecule has 0 radical (unpaired) electrons. The summed E-state index contributed by atoms with van der Waals surface area (Å²) in [6, 6.07) is 10.4. The molecule has 0 aliphatic carbocycles. The van der Waals surface area contributed by atoms with E-state index in [1.165, 1.54) is 0 Å². The van der Waals surface area contributed by atoms with Crippen LogP contribution in [0.25, 0.3) is 0 Å². The molecule has 0 saturated carbocycles. The third kappa shape index (κ3) is 3.76. The summed E-state index contributed by atoms with van der Waals surface area (Å²) in [4.78, 5) is 26.4. The van der Waals surface area contributed by atoms with Gasteiger partial charge in [0.25, 0.3) is 0 Å². The molecule has 1 atom stereocenters. The van der Waals surface area contributed by atoms with E-state index in [1.807, 2.05) is 19.1 Å². The summed E-state index contributed by atoms with van der Waals surface area (Å²) in [7, 11) is 0. The van der Waals surface area contributed by atoms with Gasteiger partial charge in [0, 0.05) is 23.7 Å². The van der Waals surface area contributed by atoms with E-state index in [0.29, 0.717) is 26.4 Å². The maximum Gasteiger partial charge on any atom is 0.229 e. The van der Waals surface area contributed by atoms with Crippen molar-refractivity contribution in [3.8, 4) is 0 Å². The smallest absolute Gasteiger partial charge is 0.229 e. The highest BCUT2D eigenvalue weighted by molar-refractivity contribution is 6.39. The molecule has 1 heterocycles. The average Bonchev–Trinajstić information content (AvgIpc) is 2.95. The molecule has 1 unspecified atom stereocenters. The largest absolute Gasteiger partial charge is 0.323 e. The van der Waals surface area contributed by atoms with Crippen LogP contribution < -0.4 is 10.2 Å². The molecule has 1 aliphatic heterocycles. The Labute approximate surface area is 160 Å². The number of amides is 2. The van der Waals surface area contributed by atoms with Crippen LogP contribution in [0.15, 0.2) is 36.4 Å². The van der Waals surface area contributed by atoms with E-state index < -0.39 is 5.92 Å². The highest BCUT2D eigenvalue weighted by atomic mass is 35.5. The van der Waals surface area contributed by atoms with Crippen molar-refractivity contribution in [1.29, 1.82) is 0 Å². The zero-order valence-electron chi connectivity index (χ0n) is 13.4. The Morgan fingerprint density at radius 2 is 1.80 bits per heavy atom. The van der Waals surface area contributed by atoms with Crippen molar-refractivity contribution < 1.29 is 9.59 Å². The number of carbonyl (C=O) groups is 2. The summed E-state index contributed by atoms with van der Waals surface area (Å²) in [6.07, 6.45) is 0.124. The van der Waals surface area contributed by atoms with Crippen LogP contribution >= 0.6 is 34.8 Å². The van der Waals surface area contributed by atoms with Crippen molar-refractivity contribution in [1.82, 2.24) is 0 Å². The predicted molar refractivity (Wildman–Crippen MR) is 102 cm³/mol. The van der Waals surface area contributed by atoms with Gasteiger partial charge in [-0.3, -0.25) is 9.59 Å². The SMILES string of the molecule is Cc1ccc(N2CC(C(=O)Nc3c(Cl)cccc3Cl)CC2=O)cc1Cl. The Balaban J connectivity index is 1.75. The molecular weight excluding hydrogens is 383 g/mol. The van der Waals surface area contributed by atoms with E-state index in [-0.39, 0.29) is 24.8 Å². The molecule has 130 valence electrons. The maximum atomic E-state index is 12.5. The Morgan fingerprint density at radius 1 is 1.12 bits per heavy atom. The van der Waals surface area contributed by atoms with E-state index in [9.17, 15) is 9.59 Å². The maximum absolute atomic E-state index is 12.5. The van der Waals surface area contributed by atoms with Gasteiger partial charge in [-0.15, -0.1) is 0 Å². The van der Waals surface area contributed by atoms with Crippen molar-refractivity contribution in [3.63, 3.8) is 0 Å². The second-order valence-electron chi connectivity index (χ2n) is 5.92. The molecule has 1 saturated heterocycles. The van der Waals surface area contributed by atoms with Gasteiger partial charge in [-0.2, -0.15) is 0 Å². The molecule has 7 heteroatoms. The molecule has 1 fully saturated rings. The minimum Gasteiger partial charge on any atom is -0.323 e. The fourth-order valence-electron chi connectivity index (χ4n) is 2.72. The second-order valence-corrected chi connectivity index (χ2v) is 7.15. The Hall–Kier alpha value is -1.75. The number of hydrogen-bond acceptors (Lipinski definition) is 2. The number of rotatable bonds is 3. The van der Waals surface area contributed by atoms with Crippen molar-refractivity contribution in [2.24, 2.45) is 5.92 Å². The van der Waals surface area contributed by atoms with Gasteiger partial charge >= 0.3 is 0 Å². The molecular formula is C18H15Cl3N2O2. The average molecular weight is 398 g/mol. The first-order valence-electron chi connectivity index (χ1n) is 7.68. The van der Waals surface area contributed by atoms with Crippen LogP contribution in [0.4, 0.5) is 11.4 Å². The van der Waals surface area contributed by atoms with Gasteiger partial charge in [0.1, 0.15) is 0 Å². The Kier molecular flexibility index (Phi) is 5.23. The van der Waals surface area contributed by atoms with E-state index in [4.69, 9.17) is 34.8 Å². The van der Waals surface area contributed by atoms with Gasteiger partial charge < -0.3 is 10.2 Å². The minimum atomic E-state index is -0.486. The zero-order valence-corrected chi connectivity index (χ0v) is 15.6. The molecule has 0 bridgehead atoms.